The van der Waals surface area contributed by atoms with Gasteiger partial charge in [-0.05, 0) is 4.74 Å². The van der Waals surface area contributed by atoms with E-state index in [0.717, 1.165) is 4.74 Å². The van der Waals surface area contributed by atoms with Crippen molar-refractivity contribution in [2.24, 2.45) is 5.73 Å². The third-order valence-corrected chi connectivity index (χ3v) is 1.97. The lowest BCUT2D eigenvalue weighted by Crippen LogP contribution is -2.46. The van der Waals surface area contributed by atoms with E-state index in [9.17, 15) is 4.79 Å². The number of hydrogen-bond acceptors (Lipinski definition) is 2. The Balaban J connectivity index is 2.89. The molecular formula is C6H11N2O2+. The van der Waals surface area contributed by atoms with Crippen molar-refractivity contribution in [2.75, 3.05) is 0 Å². The molecule has 1 amide bonds. The largest absolute Gasteiger partial charge is 0.364 e. The second-order valence-electron chi connectivity index (χ2n) is 2.70. The molecule has 0 aromatic rings. The van der Waals surface area contributed by atoms with Crippen LogP contribution >= 0.6 is 0 Å². The highest BCUT2D eigenvalue weighted by Gasteiger charge is 2.47. The zero-order chi connectivity index (χ0) is 7.78. The highest BCUT2D eigenvalue weighted by molar-refractivity contribution is 5.84. The molecule has 1 aliphatic rings. The van der Waals surface area contributed by atoms with E-state index in [-0.39, 0.29) is 0 Å². The summed E-state index contributed by atoms with van der Waals surface area (Å²) in [6.45, 7) is 1.62. The van der Waals surface area contributed by atoms with E-state index in [0.29, 0.717) is 12.8 Å². The topological polar surface area (TPSA) is 66.3 Å². The zero-order valence-corrected chi connectivity index (χ0v) is 5.87. The first kappa shape index (κ1) is 7.05. The Morgan fingerprint density at radius 3 is 2.70 bits per heavy atom. The maximum Gasteiger partial charge on any atom is 0.293 e. The van der Waals surface area contributed by atoms with Gasteiger partial charge in [-0.2, -0.15) is 0 Å². The second-order valence-corrected chi connectivity index (χ2v) is 2.70. The van der Waals surface area contributed by atoms with Crippen molar-refractivity contribution in [2.45, 2.75) is 25.3 Å². The minimum absolute atomic E-state index is 0.483. The van der Waals surface area contributed by atoms with Crippen molar-refractivity contribution in [3.63, 3.8) is 0 Å². The zero-order valence-electron chi connectivity index (χ0n) is 5.87. The van der Waals surface area contributed by atoms with Crippen LogP contribution in [0.1, 0.15) is 19.8 Å². The Bertz CT molecular complexity index is 200. The summed E-state index contributed by atoms with van der Waals surface area (Å²) < 4.78 is 0.898. The van der Waals surface area contributed by atoms with Crippen molar-refractivity contribution in [1.29, 1.82) is 0 Å². The van der Waals surface area contributed by atoms with Gasteiger partial charge in [-0.3, -0.25) is 10.0 Å². The van der Waals surface area contributed by atoms with E-state index >= 15 is 0 Å². The van der Waals surface area contributed by atoms with Crippen LogP contribution in [0.3, 0.4) is 0 Å². The third kappa shape index (κ3) is 0.761. The molecule has 1 heterocycles. The number of hydroxylamine groups is 1. The smallest absolute Gasteiger partial charge is 0.293 e. The van der Waals surface area contributed by atoms with Crippen molar-refractivity contribution >= 4 is 12.1 Å². The average molecular weight is 143 g/mol. The normalized spacial score (nSPS) is 31.9. The van der Waals surface area contributed by atoms with Crippen LogP contribution < -0.4 is 5.73 Å². The number of primary amides is 1. The number of carbonyl (C=O) groups excluding carboxylic acids is 1. The molecule has 0 spiro atoms. The van der Waals surface area contributed by atoms with Gasteiger partial charge in [-0.25, -0.2) is 0 Å². The van der Waals surface area contributed by atoms with Gasteiger partial charge in [0.15, 0.2) is 6.21 Å². The molecule has 0 saturated heterocycles. The van der Waals surface area contributed by atoms with E-state index in [4.69, 9.17) is 10.9 Å². The summed E-state index contributed by atoms with van der Waals surface area (Å²) in [5, 5.41) is 9.10. The van der Waals surface area contributed by atoms with Gasteiger partial charge in [-0.15, -0.1) is 0 Å². The second kappa shape index (κ2) is 1.97. The summed E-state index contributed by atoms with van der Waals surface area (Å²) in [6.07, 6.45) is 2.86. The maximum absolute atomic E-state index is 10.7. The van der Waals surface area contributed by atoms with Gasteiger partial charge in [0.25, 0.3) is 11.4 Å². The molecule has 1 unspecified atom stereocenters. The Morgan fingerprint density at radius 2 is 2.50 bits per heavy atom. The summed E-state index contributed by atoms with van der Waals surface area (Å²) in [6, 6.07) is 0. The van der Waals surface area contributed by atoms with Crippen molar-refractivity contribution in [1.82, 2.24) is 0 Å². The van der Waals surface area contributed by atoms with E-state index in [2.05, 4.69) is 0 Å². The number of nitrogens with two attached hydrogens (primary N) is 1. The Morgan fingerprint density at radius 1 is 1.90 bits per heavy atom. The van der Waals surface area contributed by atoms with Crippen LogP contribution in [0.25, 0.3) is 0 Å². The number of amides is 1. The molecule has 0 saturated carbocycles. The molecule has 10 heavy (non-hydrogen) atoms. The molecule has 0 radical (unpaired) electrons. The highest BCUT2D eigenvalue weighted by atomic mass is 16.5. The predicted molar refractivity (Wildman–Crippen MR) is 34.9 cm³/mol. The summed E-state index contributed by atoms with van der Waals surface area (Å²) in [4.78, 5) is 10.7. The van der Waals surface area contributed by atoms with Crippen LogP contribution in [0.2, 0.25) is 0 Å². The van der Waals surface area contributed by atoms with Crippen LogP contribution in [-0.4, -0.2) is 27.6 Å². The monoisotopic (exact) mass is 143 g/mol. The summed E-state index contributed by atoms with van der Waals surface area (Å²) in [5.41, 5.74) is 4.19. The first-order valence-electron chi connectivity index (χ1n) is 3.19. The third-order valence-electron chi connectivity index (χ3n) is 1.97. The fraction of sp³-hybridized carbons (Fsp3) is 0.667. The molecule has 4 nitrogen and oxygen atoms in total. The quantitative estimate of drug-likeness (QED) is 0.383. The molecule has 0 aliphatic carbocycles. The molecule has 0 aromatic heterocycles. The predicted octanol–water partition coefficient (Wildman–Crippen LogP) is -0.503. The van der Waals surface area contributed by atoms with E-state index in [1.165, 1.54) is 0 Å². The van der Waals surface area contributed by atoms with Gasteiger partial charge in [0.2, 0.25) is 0 Å². The van der Waals surface area contributed by atoms with Gasteiger partial charge >= 0.3 is 0 Å². The van der Waals surface area contributed by atoms with E-state index in [1.54, 1.807) is 13.1 Å². The SMILES string of the molecule is CC1(C(N)=O)CCC=[N+]1O. The van der Waals surface area contributed by atoms with Crippen molar-refractivity contribution < 1.29 is 14.7 Å². The first-order valence-corrected chi connectivity index (χ1v) is 3.19. The molecule has 1 rings (SSSR count). The lowest BCUT2D eigenvalue weighted by atomic mass is 9.99. The minimum atomic E-state index is -0.875. The molecule has 0 bridgehead atoms. The van der Waals surface area contributed by atoms with Crippen LogP contribution in [0.5, 0.6) is 0 Å². The Labute approximate surface area is 58.9 Å². The average Bonchev–Trinajstić information content (AvgIpc) is 2.15. The highest BCUT2D eigenvalue weighted by Crippen LogP contribution is 2.19. The summed E-state index contributed by atoms with van der Waals surface area (Å²) >= 11 is 0. The Hall–Kier alpha value is -1.06. The van der Waals surface area contributed by atoms with Crippen LogP contribution in [0, 0.1) is 0 Å². The molecule has 1 aliphatic heterocycles. The number of carbonyl (C=O) groups is 1. The van der Waals surface area contributed by atoms with Gasteiger partial charge in [0.1, 0.15) is 0 Å². The first-order chi connectivity index (χ1) is 4.57. The standard InChI is InChI=1S/C6H10N2O2/c1-6(5(7)9)3-2-4-8(6)10/h4H,2-3H2,1H3,(H2-,7,9,10)/p+1. The fourth-order valence-corrected chi connectivity index (χ4v) is 1.02. The summed E-state index contributed by atoms with van der Waals surface area (Å²) in [5.74, 6) is -0.483. The maximum atomic E-state index is 10.7. The van der Waals surface area contributed by atoms with E-state index in [1.807, 2.05) is 0 Å². The van der Waals surface area contributed by atoms with E-state index < -0.39 is 11.4 Å². The molecule has 3 N–H and O–H groups in total. The van der Waals surface area contributed by atoms with Crippen LogP contribution in [0.4, 0.5) is 0 Å². The van der Waals surface area contributed by atoms with Gasteiger partial charge in [0.05, 0.1) is 0 Å². The van der Waals surface area contributed by atoms with Gasteiger partial charge in [-0.1, -0.05) is 0 Å². The number of rotatable bonds is 1. The van der Waals surface area contributed by atoms with Crippen LogP contribution in [0.15, 0.2) is 0 Å². The van der Waals surface area contributed by atoms with Crippen LogP contribution in [-0.2, 0) is 4.79 Å². The number of hydrogen-bond donors (Lipinski definition) is 2. The molecule has 4 heteroatoms. The van der Waals surface area contributed by atoms with Gasteiger partial charge < -0.3 is 5.73 Å². The lowest BCUT2D eigenvalue weighted by Gasteiger charge is -2.10. The molecule has 56 valence electrons. The molecule has 1 atom stereocenters. The fourth-order valence-electron chi connectivity index (χ4n) is 1.02. The van der Waals surface area contributed by atoms with Gasteiger partial charge in [0, 0.05) is 19.8 Å². The minimum Gasteiger partial charge on any atom is -0.364 e. The molecular weight excluding hydrogens is 132 g/mol. The molecule has 0 fully saturated rings. The molecule has 0 aromatic carbocycles. The van der Waals surface area contributed by atoms with Crippen molar-refractivity contribution in [3.05, 3.63) is 0 Å². The summed E-state index contributed by atoms with van der Waals surface area (Å²) in [7, 11) is 0. The Kier molecular flexibility index (Phi) is 1.39. The van der Waals surface area contributed by atoms with Crippen molar-refractivity contribution in [3.8, 4) is 0 Å². The lowest BCUT2D eigenvalue weighted by molar-refractivity contribution is -0.805. The number of nitrogens with zero attached hydrogens (tertiary/aromatic N) is 1.